The molecule has 2 aliphatic heterocycles. The Morgan fingerprint density at radius 2 is 1.70 bits per heavy atom. The van der Waals surface area contributed by atoms with Gasteiger partial charge in [0.25, 0.3) is 37.6 Å². The fourth-order valence-corrected chi connectivity index (χ4v) is 14.3. The SMILES string of the molecule is CCN=C1CCC2=C(c3ccccc3C(=O)N(C)CCC(=O)NNC(=O)c3cccc(OCC(N=[N+]=[N-])OCCOCC(=O)NCC#Cc4cn([C@H]5CC(OSSC)[C@@H](CO[P+](=O)O[P+](=O)O[P+](=O)O)O5)c(=O)[nH]c4=O)c3)C3=C(OC2=C1S(=O)(=O)O)C(S(=O)(=O)O)=C(NCC)CC3. The lowest BCUT2D eigenvalue weighted by Gasteiger charge is -2.36. The average Bonchev–Trinajstić information content (AvgIpc) is 1.06. The Balaban J connectivity index is 0.869. The van der Waals surface area contributed by atoms with Crippen molar-refractivity contribution in [3.63, 3.8) is 0 Å². The largest absolute Gasteiger partial charge is 0.798 e. The highest BCUT2D eigenvalue weighted by Gasteiger charge is 2.50. The van der Waals surface area contributed by atoms with Gasteiger partial charge in [0.05, 0.1) is 36.5 Å². The van der Waals surface area contributed by atoms with E-state index in [1.807, 2.05) is 0 Å². The lowest BCUT2D eigenvalue weighted by Crippen LogP contribution is -2.43. The zero-order valence-corrected chi connectivity index (χ0v) is 57.5. The molecule has 4 amide bonds. The summed E-state index contributed by atoms with van der Waals surface area (Å²) in [5.74, 6) is 1.74. The summed E-state index contributed by atoms with van der Waals surface area (Å²) in [6.07, 6.45) is -1.22. The molecule has 8 N–H and O–H groups in total. The summed E-state index contributed by atoms with van der Waals surface area (Å²) >= 11 is 0.971. The first-order valence-corrected chi connectivity index (χ1v) is 37.4. The van der Waals surface area contributed by atoms with Crippen molar-refractivity contribution < 1.29 is 105 Å². The summed E-state index contributed by atoms with van der Waals surface area (Å²) in [6, 6.07) is 11.9. The first-order valence-electron chi connectivity index (χ1n) is 28.7. The van der Waals surface area contributed by atoms with E-state index in [9.17, 15) is 68.4 Å². The van der Waals surface area contributed by atoms with Gasteiger partial charge in [-0.2, -0.15) is 16.8 Å². The van der Waals surface area contributed by atoms with Gasteiger partial charge in [0.2, 0.25) is 11.8 Å². The van der Waals surface area contributed by atoms with E-state index in [4.69, 9.17) is 42.8 Å². The van der Waals surface area contributed by atoms with E-state index in [1.54, 1.807) is 38.3 Å². The minimum Gasteiger partial charge on any atom is -0.491 e. The van der Waals surface area contributed by atoms with Crippen LogP contribution in [0.15, 0.2) is 113 Å². The standard InChI is InChI=1S/C54H60N11O25P3S4/c1-5-56-38-18-16-36-46(37-17-19-39(57-6-2)50(97(79,80)81)48(37)87-47(36)49(38)96(76,77)78)34-14-7-8-15-35(34)53(70)64(3)22-20-42(66)60-62-52(69)31-11-9-13-33(25-31)84-30-44(61-63-55)83-24-23-82-29-43(67)58-21-10-12-32-27-65(54(71)59-51(32)68)45-26-40(88-95-94-4)41(86-45)28-85-92(74)90-93(75)89-91(72)73/h7-9,11,13-15,25,27,40-41,44-45H,5-6,16-24,26,28-30H2,1-4H3,(H5-3,56,57,58,59,60,62,66,67,68,69,70,71,72,73,76,77,78,79,80,81)/p+3/t40?,41-,44?,45-/m1/s1. The van der Waals surface area contributed by atoms with Crippen molar-refractivity contribution >= 4 is 102 Å². The highest BCUT2D eigenvalue weighted by Crippen LogP contribution is 2.52. The van der Waals surface area contributed by atoms with Crippen LogP contribution in [0.25, 0.3) is 16.0 Å². The Hall–Kier alpha value is -7.60. The second-order valence-electron chi connectivity index (χ2n) is 20.2. The summed E-state index contributed by atoms with van der Waals surface area (Å²) in [5, 5.41) is 8.95. The first-order chi connectivity index (χ1) is 46.3. The number of ether oxygens (including phenoxy) is 5. The lowest BCUT2D eigenvalue weighted by atomic mass is 9.79. The number of nitrogens with one attached hydrogen (secondary N) is 5. The van der Waals surface area contributed by atoms with Gasteiger partial charge >= 0.3 is 30.5 Å². The molecule has 1 saturated heterocycles. The second kappa shape index (κ2) is 36.3. The molecule has 1 fully saturated rings. The maximum Gasteiger partial charge on any atom is 0.798 e. The van der Waals surface area contributed by atoms with Crippen LogP contribution in [0.3, 0.4) is 0 Å². The van der Waals surface area contributed by atoms with Gasteiger partial charge in [-0.25, -0.2) is 4.79 Å². The van der Waals surface area contributed by atoms with Crippen molar-refractivity contribution in [1.82, 2.24) is 35.9 Å². The number of amides is 4. The number of aliphatic imine (C=N–C) groups is 1. The third-order valence-electron chi connectivity index (χ3n) is 13.9. The summed E-state index contributed by atoms with van der Waals surface area (Å²) in [4.78, 5) is 96.4. The van der Waals surface area contributed by atoms with E-state index in [1.165, 1.54) is 53.1 Å². The molecule has 7 atom stereocenters. The van der Waals surface area contributed by atoms with E-state index in [0.29, 0.717) is 0 Å². The predicted molar refractivity (Wildman–Crippen MR) is 346 cm³/mol. The van der Waals surface area contributed by atoms with Gasteiger partial charge in [-0.1, -0.05) is 52.0 Å². The maximum atomic E-state index is 14.4. The number of carbonyl (C=O) groups excluding carboxylic acids is 4. The van der Waals surface area contributed by atoms with Crippen molar-refractivity contribution in [3.05, 3.63) is 146 Å². The maximum absolute atomic E-state index is 14.4. The highest BCUT2D eigenvalue weighted by molar-refractivity contribution is 8.74. The Bertz CT molecular complexity index is 4220. The van der Waals surface area contributed by atoms with Gasteiger partial charge < -0.3 is 39.2 Å². The van der Waals surface area contributed by atoms with Gasteiger partial charge in [0.15, 0.2) is 36.2 Å². The smallest absolute Gasteiger partial charge is 0.491 e. The molecule has 36 nitrogen and oxygen atoms in total. The number of azide groups is 1. The Morgan fingerprint density at radius 3 is 2.41 bits per heavy atom. The van der Waals surface area contributed by atoms with Gasteiger partial charge in [-0.15, -0.1) is 9.42 Å². The molecule has 1 aromatic heterocycles. The Kier molecular flexibility index (Phi) is 28.7. The molecule has 3 heterocycles. The molecule has 7 rings (SSSR count). The molecule has 97 heavy (non-hydrogen) atoms. The minimum atomic E-state index is -5.08. The number of hydrogen-bond donors (Lipinski definition) is 8. The first kappa shape index (κ1) is 76.8. The van der Waals surface area contributed by atoms with Crippen LogP contribution in [-0.2, 0) is 79.8 Å². The fourth-order valence-electron chi connectivity index (χ4n) is 9.87. The van der Waals surface area contributed by atoms with Crippen LogP contribution in [0, 0.1) is 11.8 Å². The van der Waals surface area contributed by atoms with E-state index in [0.717, 1.165) is 21.8 Å². The topological polar surface area (TPSA) is 499 Å². The predicted octanol–water partition coefficient (Wildman–Crippen LogP) is 5.18. The number of rotatable bonds is 33. The molecular weight excluding hydrogens is 1420 g/mol. The molecule has 0 spiro atoms. The van der Waals surface area contributed by atoms with E-state index in [2.05, 4.69) is 61.9 Å². The number of fused-ring (bicyclic) bond motifs is 1. The van der Waals surface area contributed by atoms with Gasteiger partial charge in [0, 0.05) is 92.3 Å². The van der Waals surface area contributed by atoms with Crippen molar-refractivity contribution in [2.45, 2.75) is 77.0 Å². The highest BCUT2D eigenvalue weighted by atomic mass is 33.1. The van der Waals surface area contributed by atoms with Gasteiger partial charge in [-0.05, 0) is 86.7 Å². The summed E-state index contributed by atoms with van der Waals surface area (Å²) in [7, 11) is -17.2. The number of benzene rings is 2. The second-order valence-corrected chi connectivity index (χ2v) is 28.0. The van der Waals surface area contributed by atoms with Crippen LogP contribution in [0.1, 0.15) is 90.4 Å². The Labute approximate surface area is 563 Å². The number of nitrogens with zero attached hydrogens (tertiary/aromatic N) is 6. The van der Waals surface area contributed by atoms with E-state index >= 15 is 0 Å². The molecule has 2 aliphatic carbocycles. The van der Waals surface area contributed by atoms with E-state index in [-0.39, 0.29) is 141 Å². The third-order valence-corrected chi connectivity index (χ3v) is 19.4. The number of H-pyrrole nitrogens is 1. The zero-order valence-electron chi connectivity index (χ0n) is 51.6. The monoisotopic (exact) mass is 1490 g/mol. The lowest BCUT2D eigenvalue weighted by molar-refractivity contribution is -0.126. The number of hydrogen-bond acceptors (Lipinski definition) is 27. The van der Waals surface area contributed by atoms with Crippen LogP contribution >= 0.6 is 46.6 Å². The molecule has 43 heteroatoms. The van der Waals surface area contributed by atoms with Crippen molar-refractivity contribution in [3.8, 4) is 17.6 Å². The molecule has 3 aromatic rings. The van der Waals surface area contributed by atoms with Gasteiger partial charge in [0.1, 0.15) is 49.6 Å². The normalized spacial score (nSPS) is 18.1. The quantitative estimate of drug-likeness (QED) is 0.00372. The third kappa shape index (κ3) is 21.4. The van der Waals surface area contributed by atoms with Crippen molar-refractivity contribution in [1.29, 1.82) is 0 Å². The fraction of sp³-hybridized carbons (Fsp3) is 0.426. The van der Waals surface area contributed by atoms with Crippen molar-refractivity contribution in [2.75, 3.05) is 72.5 Å². The number of allylic oxidation sites excluding steroid dienone is 5. The minimum absolute atomic E-state index is 0.0195. The number of carbonyl (C=O) groups is 4. The van der Waals surface area contributed by atoms with Crippen LogP contribution in [0.5, 0.6) is 5.75 Å². The molecular formula is C54H63N11O25P3S4+3. The van der Waals surface area contributed by atoms with Crippen LogP contribution < -0.4 is 37.5 Å². The molecule has 0 radical (unpaired) electrons. The van der Waals surface area contributed by atoms with E-state index < -0.39 is 139 Å². The molecule has 2 aromatic carbocycles. The molecule has 520 valence electrons. The molecule has 0 saturated carbocycles. The zero-order chi connectivity index (χ0) is 70.6. The van der Waals surface area contributed by atoms with Crippen LogP contribution in [0.4, 0.5) is 0 Å². The molecule has 0 bridgehead atoms. The summed E-state index contributed by atoms with van der Waals surface area (Å²) < 4.78 is 157. The number of aromatic nitrogens is 2. The number of aromatic amines is 1. The average molecular weight is 1490 g/mol. The Morgan fingerprint density at radius 1 is 0.948 bits per heavy atom. The van der Waals surface area contributed by atoms with Crippen LogP contribution in [0.2, 0.25) is 0 Å². The summed E-state index contributed by atoms with van der Waals surface area (Å²) in [6.45, 7) is 1.61. The molecule has 4 aliphatic rings. The van der Waals surface area contributed by atoms with Crippen molar-refractivity contribution in [2.24, 2.45) is 10.1 Å². The number of hydrazine groups is 1. The molecule has 5 unspecified atom stereocenters. The summed E-state index contributed by atoms with van der Waals surface area (Å²) in [5.41, 5.74) is 12.9. The van der Waals surface area contributed by atoms with Crippen LogP contribution in [-0.4, -0.2) is 166 Å². The van der Waals surface area contributed by atoms with Gasteiger partial charge in [-0.3, -0.25) is 62.7 Å².